The lowest BCUT2D eigenvalue weighted by Crippen LogP contribution is -2.43. The minimum absolute atomic E-state index is 0.101. The molecule has 8 heteroatoms. The third-order valence-corrected chi connectivity index (χ3v) is 9.04. The number of nitrogens with zero attached hydrogens (tertiary/aromatic N) is 5. The number of carbonyl (C=O) groups is 1. The van der Waals surface area contributed by atoms with Crippen LogP contribution in [-0.4, -0.2) is 63.6 Å². The predicted molar refractivity (Wildman–Crippen MR) is 173 cm³/mol. The maximum Gasteiger partial charge on any atom is 0.188 e. The molecule has 0 N–H and O–H groups in total. The third kappa shape index (κ3) is 5.62. The van der Waals surface area contributed by atoms with E-state index in [4.69, 9.17) is 9.47 Å². The first kappa shape index (κ1) is 29.6. The standard InChI is InChI=1S/C36H41N5O3/c1-22-14-24(3)40(37-22)20-28-16-26(8-12-34(28)43-6)18-30-32-10-11-33(39(32)5)31(36(30)42)19-27-9-13-35(44-7)29(17-27)21-41-25(4)15-23(2)38-41/h8-9,12-19,32-33H,10-11,20-21H2,1-7H3/b30-18+,31-19+. The molecule has 2 atom stereocenters. The number of rotatable bonds is 8. The quantitative estimate of drug-likeness (QED) is 0.236. The molecule has 2 aliphatic rings. The van der Waals surface area contributed by atoms with Crippen LogP contribution in [0.3, 0.4) is 0 Å². The zero-order valence-electron chi connectivity index (χ0n) is 26.7. The summed E-state index contributed by atoms with van der Waals surface area (Å²) in [7, 11) is 5.52. The van der Waals surface area contributed by atoms with Crippen LogP contribution in [0.5, 0.6) is 11.5 Å². The Balaban J connectivity index is 1.34. The van der Waals surface area contributed by atoms with Crippen molar-refractivity contribution in [1.29, 1.82) is 0 Å². The molecule has 0 amide bonds. The van der Waals surface area contributed by atoms with Crippen LogP contribution in [0.4, 0.5) is 0 Å². The lowest BCUT2D eigenvalue weighted by Gasteiger charge is -2.34. The van der Waals surface area contributed by atoms with Crippen molar-refractivity contribution in [3.8, 4) is 11.5 Å². The average Bonchev–Trinajstić information content (AvgIpc) is 3.61. The van der Waals surface area contributed by atoms with E-state index in [2.05, 4.69) is 72.4 Å². The van der Waals surface area contributed by atoms with Crippen molar-refractivity contribution < 1.29 is 14.3 Å². The summed E-state index contributed by atoms with van der Waals surface area (Å²) in [6.45, 7) is 9.32. The number of aryl methyl sites for hydroxylation is 4. The molecule has 0 saturated carbocycles. The molecule has 2 aromatic heterocycles. The second kappa shape index (κ2) is 11.9. The van der Waals surface area contributed by atoms with Crippen LogP contribution in [0.2, 0.25) is 0 Å². The minimum Gasteiger partial charge on any atom is -0.496 e. The van der Waals surface area contributed by atoms with Crippen molar-refractivity contribution in [3.63, 3.8) is 0 Å². The molecule has 4 heterocycles. The third-order valence-electron chi connectivity index (χ3n) is 9.04. The number of methoxy groups -OCH3 is 2. The zero-order valence-corrected chi connectivity index (χ0v) is 26.7. The van der Waals surface area contributed by atoms with Gasteiger partial charge in [0.2, 0.25) is 0 Å². The molecule has 2 aromatic carbocycles. The van der Waals surface area contributed by atoms with Gasteiger partial charge in [0.1, 0.15) is 11.5 Å². The van der Waals surface area contributed by atoms with E-state index in [1.165, 1.54) is 0 Å². The smallest absolute Gasteiger partial charge is 0.188 e. The molecule has 6 rings (SSSR count). The Morgan fingerprint density at radius 3 is 1.52 bits per heavy atom. The van der Waals surface area contributed by atoms with Gasteiger partial charge in [-0.3, -0.25) is 19.1 Å². The highest BCUT2D eigenvalue weighted by Crippen LogP contribution is 2.41. The van der Waals surface area contributed by atoms with Crippen LogP contribution in [0.15, 0.2) is 59.7 Å². The first-order valence-corrected chi connectivity index (χ1v) is 15.2. The van der Waals surface area contributed by atoms with Crippen LogP contribution in [0, 0.1) is 27.7 Å². The summed E-state index contributed by atoms with van der Waals surface area (Å²) in [5.41, 5.74) is 9.87. The summed E-state index contributed by atoms with van der Waals surface area (Å²) in [5.74, 6) is 1.75. The van der Waals surface area contributed by atoms with Gasteiger partial charge in [0.15, 0.2) is 5.78 Å². The molecule has 2 aliphatic heterocycles. The van der Waals surface area contributed by atoms with E-state index in [9.17, 15) is 4.79 Å². The summed E-state index contributed by atoms with van der Waals surface area (Å²) in [5, 5.41) is 9.28. The number of ketones is 1. The van der Waals surface area contributed by atoms with Gasteiger partial charge >= 0.3 is 0 Å². The number of hydrogen-bond donors (Lipinski definition) is 0. The number of ether oxygens (including phenoxy) is 2. The van der Waals surface area contributed by atoms with Crippen LogP contribution >= 0.6 is 0 Å². The average molecular weight is 592 g/mol. The highest BCUT2D eigenvalue weighted by atomic mass is 16.5. The van der Waals surface area contributed by atoms with Crippen LogP contribution < -0.4 is 9.47 Å². The summed E-state index contributed by atoms with van der Waals surface area (Å²) < 4.78 is 15.4. The fourth-order valence-electron chi connectivity index (χ4n) is 6.86. The molecule has 4 aromatic rings. The molecule has 0 aliphatic carbocycles. The van der Waals surface area contributed by atoms with Crippen molar-refractivity contribution in [2.45, 2.75) is 65.7 Å². The Kier molecular flexibility index (Phi) is 8.03. The molecule has 44 heavy (non-hydrogen) atoms. The van der Waals surface area contributed by atoms with E-state index in [1.54, 1.807) is 14.2 Å². The van der Waals surface area contributed by atoms with Crippen molar-refractivity contribution >= 4 is 17.9 Å². The van der Waals surface area contributed by atoms with E-state index in [-0.39, 0.29) is 17.9 Å². The Hall–Kier alpha value is -4.43. The highest BCUT2D eigenvalue weighted by molar-refractivity contribution is 6.16. The predicted octanol–water partition coefficient (Wildman–Crippen LogP) is 5.94. The van der Waals surface area contributed by atoms with Gasteiger partial charge in [0.25, 0.3) is 0 Å². The molecule has 0 radical (unpaired) electrons. The van der Waals surface area contributed by atoms with E-state index in [1.807, 2.05) is 47.5 Å². The molecule has 0 spiro atoms. The minimum atomic E-state index is 0.101. The summed E-state index contributed by atoms with van der Waals surface area (Å²) >= 11 is 0. The number of Topliss-reactive ketones (excluding diaryl/α,β-unsaturated/α-hetero) is 1. The summed E-state index contributed by atoms with van der Waals surface area (Å²) in [4.78, 5) is 16.6. The highest BCUT2D eigenvalue weighted by Gasteiger charge is 2.44. The summed E-state index contributed by atoms with van der Waals surface area (Å²) in [6.07, 6.45) is 6.06. The number of hydrogen-bond acceptors (Lipinski definition) is 6. The maximum atomic E-state index is 14.2. The van der Waals surface area contributed by atoms with Gasteiger partial charge in [-0.25, -0.2) is 0 Å². The molecular formula is C36H41N5O3. The molecule has 2 saturated heterocycles. The first-order chi connectivity index (χ1) is 21.1. The van der Waals surface area contributed by atoms with Crippen molar-refractivity contribution in [1.82, 2.24) is 24.5 Å². The van der Waals surface area contributed by atoms with E-state index in [0.717, 1.165) is 80.5 Å². The molecule has 8 nitrogen and oxygen atoms in total. The largest absolute Gasteiger partial charge is 0.496 e. The monoisotopic (exact) mass is 591 g/mol. The fraction of sp³-hybridized carbons (Fsp3) is 0.361. The van der Waals surface area contributed by atoms with Gasteiger partial charge in [-0.1, -0.05) is 12.1 Å². The second-order valence-corrected chi connectivity index (χ2v) is 12.1. The van der Waals surface area contributed by atoms with E-state index < -0.39 is 0 Å². The number of fused-ring (bicyclic) bond motifs is 2. The first-order valence-electron chi connectivity index (χ1n) is 15.2. The molecule has 2 fully saturated rings. The second-order valence-electron chi connectivity index (χ2n) is 12.1. The topological polar surface area (TPSA) is 74.4 Å². The summed E-state index contributed by atoms with van der Waals surface area (Å²) in [6, 6.07) is 16.6. The number of benzene rings is 2. The van der Waals surface area contributed by atoms with Crippen LogP contribution in [0.25, 0.3) is 12.2 Å². The fourth-order valence-corrected chi connectivity index (χ4v) is 6.86. The number of piperidine rings is 1. The Morgan fingerprint density at radius 2 is 1.16 bits per heavy atom. The Bertz CT molecular complexity index is 1670. The Labute approximate surface area is 259 Å². The van der Waals surface area contributed by atoms with Crippen molar-refractivity contribution in [2.75, 3.05) is 21.3 Å². The lowest BCUT2D eigenvalue weighted by molar-refractivity contribution is -0.114. The van der Waals surface area contributed by atoms with Crippen LogP contribution in [-0.2, 0) is 17.9 Å². The van der Waals surface area contributed by atoms with Gasteiger partial charge in [-0.05, 0) is 107 Å². The maximum absolute atomic E-state index is 14.2. The van der Waals surface area contributed by atoms with Gasteiger partial charge in [0, 0.05) is 45.7 Å². The molecule has 228 valence electrons. The van der Waals surface area contributed by atoms with E-state index >= 15 is 0 Å². The van der Waals surface area contributed by atoms with Gasteiger partial charge in [-0.2, -0.15) is 10.2 Å². The van der Waals surface area contributed by atoms with E-state index in [0.29, 0.717) is 13.1 Å². The molecular weight excluding hydrogens is 550 g/mol. The van der Waals surface area contributed by atoms with Gasteiger partial charge < -0.3 is 9.47 Å². The van der Waals surface area contributed by atoms with Gasteiger partial charge in [0.05, 0.1) is 38.7 Å². The Morgan fingerprint density at radius 1 is 0.727 bits per heavy atom. The molecule has 2 bridgehead atoms. The van der Waals surface area contributed by atoms with Crippen LogP contribution in [0.1, 0.15) is 57.9 Å². The molecule has 2 unspecified atom stereocenters. The van der Waals surface area contributed by atoms with Crippen molar-refractivity contribution in [3.05, 3.63) is 105 Å². The number of carbonyl (C=O) groups excluding carboxylic acids is 1. The number of likely N-dealkylation sites (N-methyl/N-ethyl adjacent to an activating group) is 1. The normalized spacial score (nSPS) is 20.2. The zero-order chi connectivity index (χ0) is 31.1. The number of aromatic nitrogens is 4. The lowest BCUT2D eigenvalue weighted by atomic mass is 9.88. The van der Waals surface area contributed by atoms with Crippen molar-refractivity contribution in [2.24, 2.45) is 0 Å². The SMILES string of the molecule is COc1ccc(/C=C2/C(=O)/C(=C/c3ccc(OC)c(Cn4nc(C)cc4C)c3)C3CCC2N3C)cc1Cn1nc(C)cc1C. The van der Waals surface area contributed by atoms with Gasteiger partial charge in [-0.15, -0.1) is 0 Å².